The van der Waals surface area contributed by atoms with E-state index in [-0.39, 0.29) is 12.5 Å². The molecule has 0 aliphatic carbocycles. The molecule has 140 valence electrons. The molecule has 0 saturated carbocycles. The molecule has 0 fully saturated rings. The molecule has 6 heteroatoms. The zero-order valence-electron chi connectivity index (χ0n) is 15.0. The topological polar surface area (TPSA) is 41.9 Å². The summed E-state index contributed by atoms with van der Waals surface area (Å²) in [6, 6.07) is 20.1. The maximum Gasteiger partial charge on any atom is 0.277 e. The number of ether oxygens (including phenoxy) is 1. The average Bonchev–Trinajstić information content (AvgIpc) is 2.97. The minimum atomic E-state index is -0.187. The lowest BCUT2D eigenvalue weighted by Gasteiger charge is -2.18. The van der Waals surface area contributed by atoms with E-state index >= 15 is 0 Å². The highest BCUT2D eigenvalue weighted by Crippen LogP contribution is 2.35. The normalized spacial score (nSPS) is 14.5. The molecule has 0 atom stereocenters. The number of carbonyl (C=O) groups is 1. The van der Waals surface area contributed by atoms with Gasteiger partial charge in [0.1, 0.15) is 11.5 Å². The summed E-state index contributed by atoms with van der Waals surface area (Å²) in [7, 11) is 1.61. The fourth-order valence-corrected chi connectivity index (χ4v) is 3.67. The van der Waals surface area contributed by atoms with Gasteiger partial charge in [0.25, 0.3) is 5.91 Å². The van der Waals surface area contributed by atoms with Crippen LogP contribution in [0.4, 0.5) is 11.4 Å². The largest absolute Gasteiger partial charge is 0.497 e. The summed E-state index contributed by atoms with van der Waals surface area (Å²) in [6.07, 6.45) is 0. The van der Waals surface area contributed by atoms with E-state index < -0.39 is 0 Å². The van der Waals surface area contributed by atoms with Crippen molar-refractivity contribution in [3.63, 3.8) is 0 Å². The summed E-state index contributed by atoms with van der Waals surface area (Å²) in [5.41, 5.74) is 3.35. The van der Waals surface area contributed by atoms with Gasteiger partial charge in [-0.2, -0.15) is 0 Å². The molecular weight excluding hydrogens is 395 g/mol. The van der Waals surface area contributed by atoms with E-state index in [1.54, 1.807) is 30.2 Å². The third-order valence-corrected chi connectivity index (χ3v) is 5.30. The van der Waals surface area contributed by atoms with E-state index in [0.717, 1.165) is 17.0 Å². The molecule has 0 N–H and O–H groups in total. The molecule has 1 aliphatic heterocycles. The van der Waals surface area contributed by atoms with Crippen LogP contribution >= 0.6 is 23.2 Å². The van der Waals surface area contributed by atoms with Crippen molar-refractivity contribution in [2.45, 2.75) is 6.54 Å². The Hall–Kier alpha value is -2.82. The first-order valence-electron chi connectivity index (χ1n) is 8.65. The Morgan fingerprint density at radius 2 is 1.61 bits per heavy atom. The van der Waals surface area contributed by atoms with Crippen molar-refractivity contribution in [2.75, 3.05) is 12.0 Å². The lowest BCUT2D eigenvalue weighted by atomic mass is 10.1. The predicted molar refractivity (Wildman–Crippen MR) is 113 cm³/mol. The summed E-state index contributed by atoms with van der Waals surface area (Å²) in [5.74, 6) is 0.546. The van der Waals surface area contributed by atoms with Gasteiger partial charge in [0.15, 0.2) is 0 Å². The molecule has 0 unspecified atom stereocenters. The summed E-state index contributed by atoms with van der Waals surface area (Å²) in [4.78, 5) is 19.5. The number of fused-ring (bicyclic) bond motifs is 1. The number of benzene rings is 3. The first-order chi connectivity index (χ1) is 13.6. The Labute approximate surface area is 173 Å². The molecule has 0 saturated heterocycles. The summed E-state index contributed by atoms with van der Waals surface area (Å²) in [6.45, 7) is 0.274. The Balaban J connectivity index is 1.74. The van der Waals surface area contributed by atoms with Gasteiger partial charge in [-0.25, -0.2) is 4.99 Å². The van der Waals surface area contributed by atoms with E-state index in [2.05, 4.69) is 4.99 Å². The third-order valence-electron chi connectivity index (χ3n) is 4.59. The second kappa shape index (κ2) is 7.66. The van der Waals surface area contributed by atoms with Crippen LogP contribution in [0.25, 0.3) is 0 Å². The molecule has 3 aromatic carbocycles. The number of para-hydroxylation sites is 1. The van der Waals surface area contributed by atoms with E-state index in [1.165, 1.54) is 0 Å². The molecule has 0 bridgehead atoms. The maximum atomic E-state index is 13.2. The molecule has 1 amide bonds. The summed E-state index contributed by atoms with van der Waals surface area (Å²) < 4.78 is 5.17. The highest BCUT2D eigenvalue weighted by Gasteiger charge is 2.34. The molecule has 0 radical (unpaired) electrons. The van der Waals surface area contributed by atoms with Crippen LogP contribution in [0.15, 0.2) is 71.7 Å². The van der Waals surface area contributed by atoms with E-state index in [4.69, 9.17) is 27.9 Å². The standard InChI is InChI=1S/C22H16Cl2N2O2/c1-28-15-11-9-14(10-12-15)25-21-16-5-2-3-8-20(16)26(22(21)27)13-17-18(23)6-4-7-19(17)24/h2-12H,13H2,1H3. The Kier molecular flexibility index (Phi) is 5.07. The molecule has 4 rings (SSSR count). The van der Waals surface area contributed by atoms with E-state index in [9.17, 15) is 4.79 Å². The first-order valence-corrected chi connectivity index (χ1v) is 9.41. The maximum absolute atomic E-state index is 13.2. The molecule has 4 nitrogen and oxygen atoms in total. The Morgan fingerprint density at radius 3 is 2.29 bits per heavy atom. The molecule has 28 heavy (non-hydrogen) atoms. The Bertz CT molecular complexity index is 1060. The van der Waals surface area contributed by atoms with Crippen LogP contribution in [0.1, 0.15) is 11.1 Å². The lowest BCUT2D eigenvalue weighted by molar-refractivity contribution is -0.112. The number of rotatable bonds is 4. The van der Waals surface area contributed by atoms with Gasteiger partial charge in [0.2, 0.25) is 0 Å². The fraction of sp³-hybridized carbons (Fsp3) is 0.0909. The number of nitrogens with zero attached hydrogens (tertiary/aromatic N) is 2. The number of hydrogen-bond acceptors (Lipinski definition) is 3. The quantitative estimate of drug-likeness (QED) is 0.555. The van der Waals surface area contributed by atoms with Gasteiger partial charge in [-0.3, -0.25) is 4.79 Å². The minimum absolute atomic E-state index is 0.187. The molecule has 1 aliphatic rings. The van der Waals surface area contributed by atoms with Crippen molar-refractivity contribution in [1.82, 2.24) is 0 Å². The number of hydrogen-bond donors (Lipinski definition) is 0. The zero-order chi connectivity index (χ0) is 19.7. The van der Waals surface area contributed by atoms with Crippen LogP contribution in [0.3, 0.4) is 0 Å². The number of methoxy groups -OCH3 is 1. The summed E-state index contributed by atoms with van der Waals surface area (Å²) in [5, 5.41) is 1.05. The SMILES string of the molecule is COc1ccc(N=C2C(=O)N(Cc3c(Cl)cccc3Cl)c3ccccc32)cc1. The highest BCUT2D eigenvalue weighted by molar-refractivity contribution is 6.54. The third kappa shape index (κ3) is 3.37. The van der Waals surface area contributed by atoms with Crippen molar-refractivity contribution in [2.24, 2.45) is 4.99 Å². The second-order valence-corrected chi connectivity index (χ2v) is 7.08. The van der Waals surface area contributed by atoms with Gasteiger partial charge in [-0.15, -0.1) is 0 Å². The van der Waals surface area contributed by atoms with Crippen molar-refractivity contribution in [3.05, 3.63) is 87.9 Å². The van der Waals surface area contributed by atoms with E-state index in [1.807, 2.05) is 48.5 Å². The Morgan fingerprint density at radius 1 is 0.929 bits per heavy atom. The van der Waals surface area contributed by atoms with Gasteiger partial charge < -0.3 is 9.64 Å². The summed E-state index contributed by atoms with van der Waals surface area (Å²) >= 11 is 12.6. The highest BCUT2D eigenvalue weighted by atomic mass is 35.5. The molecular formula is C22H16Cl2N2O2. The first kappa shape index (κ1) is 18.5. The van der Waals surface area contributed by atoms with Gasteiger partial charge in [-0.1, -0.05) is 47.5 Å². The molecule has 3 aromatic rings. The smallest absolute Gasteiger partial charge is 0.277 e. The number of aliphatic imine (C=N–C) groups is 1. The average molecular weight is 411 g/mol. The van der Waals surface area contributed by atoms with Crippen LogP contribution in [0.5, 0.6) is 5.75 Å². The zero-order valence-corrected chi connectivity index (χ0v) is 16.5. The van der Waals surface area contributed by atoms with Gasteiger partial charge in [0, 0.05) is 21.2 Å². The van der Waals surface area contributed by atoms with Crippen LogP contribution < -0.4 is 9.64 Å². The van der Waals surface area contributed by atoms with Gasteiger partial charge >= 0.3 is 0 Å². The van der Waals surface area contributed by atoms with Crippen LogP contribution in [-0.2, 0) is 11.3 Å². The number of carbonyl (C=O) groups excluding carboxylic acids is 1. The monoisotopic (exact) mass is 410 g/mol. The van der Waals surface area contributed by atoms with Gasteiger partial charge in [-0.05, 0) is 42.5 Å². The van der Waals surface area contributed by atoms with Crippen molar-refractivity contribution in [3.8, 4) is 5.75 Å². The van der Waals surface area contributed by atoms with Crippen molar-refractivity contribution in [1.29, 1.82) is 0 Å². The van der Waals surface area contributed by atoms with E-state index in [0.29, 0.717) is 27.0 Å². The van der Waals surface area contributed by atoms with Crippen molar-refractivity contribution < 1.29 is 9.53 Å². The minimum Gasteiger partial charge on any atom is -0.497 e. The lowest BCUT2D eigenvalue weighted by Crippen LogP contribution is -2.29. The number of anilines is 1. The van der Waals surface area contributed by atoms with Crippen LogP contribution in [0, 0.1) is 0 Å². The predicted octanol–water partition coefficient (Wildman–Crippen LogP) is 5.67. The van der Waals surface area contributed by atoms with Crippen LogP contribution in [-0.4, -0.2) is 18.7 Å². The second-order valence-electron chi connectivity index (χ2n) is 6.27. The molecule has 0 aromatic heterocycles. The van der Waals surface area contributed by atoms with Crippen molar-refractivity contribution >= 4 is 46.2 Å². The number of halogens is 2. The van der Waals surface area contributed by atoms with Crippen LogP contribution in [0.2, 0.25) is 10.0 Å². The molecule has 1 heterocycles. The molecule has 0 spiro atoms. The fourth-order valence-electron chi connectivity index (χ4n) is 3.15. The van der Waals surface area contributed by atoms with Gasteiger partial charge in [0.05, 0.1) is 25.0 Å². The number of amides is 1.